The van der Waals surface area contributed by atoms with Crippen molar-refractivity contribution in [1.82, 2.24) is 10.6 Å². The molecule has 0 spiro atoms. The Hall–Kier alpha value is -3.52. The van der Waals surface area contributed by atoms with E-state index in [1.165, 1.54) is 12.1 Å². The molecule has 3 rings (SSSR count). The number of ether oxygens (including phenoxy) is 2. The van der Waals surface area contributed by atoms with Gasteiger partial charge in [-0.05, 0) is 67.8 Å². The predicted octanol–water partition coefficient (Wildman–Crippen LogP) is 6.10. The molecule has 0 aliphatic heterocycles. The van der Waals surface area contributed by atoms with E-state index in [0.29, 0.717) is 24.5 Å². The van der Waals surface area contributed by atoms with Crippen LogP contribution >= 0.6 is 0 Å². The van der Waals surface area contributed by atoms with Gasteiger partial charge >= 0.3 is 6.18 Å². The van der Waals surface area contributed by atoms with E-state index in [2.05, 4.69) is 10.6 Å². The van der Waals surface area contributed by atoms with Crippen LogP contribution < -0.4 is 20.1 Å². The summed E-state index contributed by atoms with van der Waals surface area (Å²) in [5.74, 6) is 0.713. The van der Waals surface area contributed by atoms with Crippen LogP contribution in [0.5, 0.6) is 11.5 Å². The molecule has 0 bridgehead atoms. The molecule has 37 heavy (non-hydrogen) atoms. The molecule has 0 fully saturated rings. The lowest BCUT2D eigenvalue weighted by molar-refractivity contribution is -0.137. The van der Waals surface area contributed by atoms with Crippen molar-refractivity contribution in [3.05, 3.63) is 95.1 Å². The van der Waals surface area contributed by atoms with Crippen LogP contribution in [0.1, 0.15) is 54.5 Å². The second kappa shape index (κ2) is 12.6. The van der Waals surface area contributed by atoms with Crippen LogP contribution in [-0.2, 0) is 11.0 Å². The van der Waals surface area contributed by atoms with Crippen LogP contribution in [0.15, 0.2) is 72.8 Å². The zero-order chi connectivity index (χ0) is 27.0. The van der Waals surface area contributed by atoms with E-state index in [1.807, 2.05) is 62.4 Å². The molecule has 2 atom stereocenters. The third-order valence-electron chi connectivity index (χ3n) is 6.02. The van der Waals surface area contributed by atoms with Gasteiger partial charge in [0.1, 0.15) is 6.04 Å². The number of carbonyl (C=O) groups is 1. The first-order valence-electron chi connectivity index (χ1n) is 12.2. The molecule has 3 aromatic carbocycles. The number of rotatable bonds is 11. The number of halogens is 3. The highest BCUT2D eigenvalue weighted by Gasteiger charge is 2.30. The normalized spacial score (nSPS) is 13.2. The van der Waals surface area contributed by atoms with Gasteiger partial charge in [-0.25, -0.2) is 0 Å². The van der Waals surface area contributed by atoms with Crippen molar-refractivity contribution in [3.8, 4) is 11.5 Å². The maximum absolute atomic E-state index is 13.2. The van der Waals surface area contributed by atoms with Crippen LogP contribution in [0.4, 0.5) is 13.2 Å². The molecular formula is C29H33F3N2O3. The molecule has 0 aliphatic carbocycles. The first-order chi connectivity index (χ1) is 17.6. The smallest absolute Gasteiger partial charge is 0.416 e. The van der Waals surface area contributed by atoms with Gasteiger partial charge in [-0.2, -0.15) is 13.2 Å². The van der Waals surface area contributed by atoms with Crippen molar-refractivity contribution in [2.45, 2.75) is 44.5 Å². The van der Waals surface area contributed by atoms with Crippen molar-refractivity contribution in [2.24, 2.45) is 0 Å². The number of carbonyl (C=O) groups excluding carboxylic acids is 1. The molecule has 0 aromatic heterocycles. The second-order valence-electron chi connectivity index (χ2n) is 8.95. The molecular weight excluding hydrogens is 481 g/mol. The summed E-state index contributed by atoms with van der Waals surface area (Å²) < 4.78 is 50.9. The Balaban J connectivity index is 1.91. The Morgan fingerprint density at radius 2 is 1.54 bits per heavy atom. The van der Waals surface area contributed by atoms with E-state index in [4.69, 9.17) is 9.47 Å². The van der Waals surface area contributed by atoms with E-state index >= 15 is 0 Å². The summed E-state index contributed by atoms with van der Waals surface area (Å²) in [7, 11) is 3.13. The van der Waals surface area contributed by atoms with Gasteiger partial charge in [-0.1, -0.05) is 48.5 Å². The highest BCUT2D eigenvalue weighted by Crippen LogP contribution is 2.37. The monoisotopic (exact) mass is 514 g/mol. The Morgan fingerprint density at radius 3 is 2.11 bits per heavy atom. The SMILES string of the molecule is CNC(=O)[C@H](NCC[C@@H](c1ccc(C(F)(F)F)cc1)c1ccc(OC(C)C)c(OC)c1)c1ccccc1. The third kappa shape index (κ3) is 7.49. The highest BCUT2D eigenvalue weighted by atomic mass is 19.4. The standard InChI is InChI=1S/C29H33F3N2O3/c1-19(2)37-25-15-12-22(18-26(25)36-4)24(20-10-13-23(14-11-20)29(30,31)32)16-17-34-27(28(35)33-3)21-8-6-5-7-9-21/h5-15,18-19,24,27,34H,16-17H2,1-4H3,(H,33,35)/t24-,27+/m0/s1. The van der Waals surface area contributed by atoms with Crippen molar-refractivity contribution < 1.29 is 27.4 Å². The fourth-order valence-electron chi connectivity index (χ4n) is 4.21. The minimum Gasteiger partial charge on any atom is -0.493 e. The summed E-state index contributed by atoms with van der Waals surface area (Å²) in [6.07, 6.45) is -3.93. The molecule has 0 radical (unpaired) electrons. The Kier molecular flexibility index (Phi) is 9.58. The van der Waals surface area contributed by atoms with Gasteiger partial charge in [-0.15, -0.1) is 0 Å². The first-order valence-corrected chi connectivity index (χ1v) is 12.2. The lowest BCUT2D eigenvalue weighted by Gasteiger charge is -2.23. The molecule has 0 saturated heterocycles. The molecule has 8 heteroatoms. The zero-order valence-electron chi connectivity index (χ0n) is 21.4. The average molecular weight is 515 g/mol. The molecule has 3 aromatic rings. The van der Waals surface area contributed by atoms with Crippen LogP contribution in [-0.4, -0.2) is 32.7 Å². The van der Waals surface area contributed by atoms with Crippen molar-refractivity contribution in [2.75, 3.05) is 20.7 Å². The van der Waals surface area contributed by atoms with Gasteiger partial charge in [0, 0.05) is 13.0 Å². The number of alkyl halides is 3. The zero-order valence-corrected chi connectivity index (χ0v) is 21.4. The van der Waals surface area contributed by atoms with E-state index in [0.717, 1.165) is 28.8 Å². The number of hydrogen-bond acceptors (Lipinski definition) is 4. The average Bonchev–Trinajstić information content (AvgIpc) is 2.88. The third-order valence-corrected chi connectivity index (χ3v) is 6.02. The van der Waals surface area contributed by atoms with Gasteiger partial charge in [0.05, 0.1) is 18.8 Å². The molecule has 5 nitrogen and oxygen atoms in total. The quantitative estimate of drug-likeness (QED) is 0.325. The lowest BCUT2D eigenvalue weighted by Crippen LogP contribution is -2.36. The minimum atomic E-state index is -4.41. The number of likely N-dealkylation sites (N-methyl/N-ethyl adjacent to an activating group) is 1. The number of amides is 1. The first kappa shape index (κ1) is 28.1. The molecule has 2 N–H and O–H groups in total. The van der Waals surface area contributed by atoms with Crippen LogP contribution in [0.3, 0.4) is 0 Å². The lowest BCUT2D eigenvalue weighted by atomic mass is 9.87. The number of nitrogens with one attached hydrogen (secondary N) is 2. The van der Waals surface area contributed by atoms with E-state index in [-0.39, 0.29) is 17.9 Å². The van der Waals surface area contributed by atoms with E-state index in [9.17, 15) is 18.0 Å². The van der Waals surface area contributed by atoms with E-state index in [1.54, 1.807) is 14.2 Å². The van der Waals surface area contributed by atoms with Crippen molar-refractivity contribution in [1.29, 1.82) is 0 Å². The molecule has 0 heterocycles. The summed E-state index contributed by atoms with van der Waals surface area (Å²) in [5, 5.41) is 5.99. The van der Waals surface area contributed by atoms with Crippen molar-refractivity contribution in [3.63, 3.8) is 0 Å². The molecule has 198 valence electrons. The van der Waals surface area contributed by atoms with Crippen LogP contribution in [0, 0.1) is 0 Å². The summed E-state index contributed by atoms with van der Waals surface area (Å²) in [6, 6.07) is 19.6. The fourth-order valence-corrected chi connectivity index (χ4v) is 4.21. The van der Waals surface area contributed by atoms with Gasteiger partial charge in [0.25, 0.3) is 0 Å². The number of benzene rings is 3. The van der Waals surface area contributed by atoms with Gasteiger partial charge < -0.3 is 20.1 Å². The molecule has 0 unspecified atom stereocenters. The second-order valence-corrected chi connectivity index (χ2v) is 8.95. The summed E-state index contributed by atoms with van der Waals surface area (Å²) in [4.78, 5) is 12.6. The summed E-state index contributed by atoms with van der Waals surface area (Å²) >= 11 is 0. The molecule has 1 amide bonds. The topological polar surface area (TPSA) is 59.6 Å². The maximum Gasteiger partial charge on any atom is 0.416 e. The largest absolute Gasteiger partial charge is 0.493 e. The van der Waals surface area contributed by atoms with E-state index < -0.39 is 17.8 Å². The Labute approximate surface area is 216 Å². The highest BCUT2D eigenvalue weighted by molar-refractivity contribution is 5.82. The summed E-state index contributed by atoms with van der Waals surface area (Å²) in [5.41, 5.74) is 1.72. The van der Waals surface area contributed by atoms with Gasteiger partial charge in [0.15, 0.2) is 11.5 Å². The molecule has 0 saturated carbocycles. The summed E-state index contributed by atoms with van der Waals surface area (Å²) in [6.45, 7) is 4.27. The number of methoxy groups -OCH3 is 1. The van der Waals surface area contributed by atoms with Crippen LogP contribution in [0.2, 0.25) is 0 Å². The minimum absolute atomic E-state index is 0.0470. The predicted molar refractivity (Wildman–Crippen MR) is 138 cm³/mol. The molecule has 0 aliphatic rings. The van der Waals surface area contributed by atoms with Crippen LogP contribution in [0.25, 0.3) is 0 Å². The van der Waals surface area contributed by atoms with Crippen molar-refractivity contribution >= 4 is 5.91 Å². The Bertz CT molecular complexity index is 1150. The number of hydrogen-bond donors (Lipinski definition) is 2. The van der Waals surface area contributed by atoms with Gasteiger partial charge in [-0.3, -0.25) is 4.79 Å². The Morgan fingerprint density at radius 1 is 0.892 bits per heavy atom. The fraction of sp³-hybridized carbons (Fsp3) is 0.345. The maximum atomic E-state index is 13.2. The van der Waals surface area contributed by atoms with Gasteiger partial charge in [0.2, 0.25) is 5.91 Å².